The lowest BCUT2D eigenvalue weighted by Crippen LogP contribution is -2.46. The number of nitrogens with one attached hydrogen (secondary N) is 7. The number of amides is 3. The van der Waals surface area contributed by atoms with Gasteiger partial charge in [-0.05, 0) is 159 Å². The first-order chi connectivity index (χ1) is 59.7. The number of aromatic amines is 3. The minimum absolute atomic E-state index is 0.0319. The predicted molar refractivity (Wildman–Crippen MR) is 458 cm³/mol. The number of hydrogen-bond donors (Lipinski definition) is 7. The first-order valence-electron chi connectivity index (χ1n) is 41.8. The molecule has 8 aromatic heterocycles. The van der Waals surface area contributed by atoms with Gasteiger partial charge in [-0.3, -0.25) is 14.4 Å². The van der Waals surface area contributed by atoms with Crippen molar-refractivity contribution in [1.29, 1.82) is 0 Å². The van der Waals surface area contributed by atoms with Crippen LogP contribution in [-0.4, -0.2) is 228 Å². The number of hydrogen-bond acceptors (Lipinski definition) is 23. The maximum Gasteiger partial charge on any atom is 0.263 e. The fourth-order valence-electron chi connectivity index (χ4n) is 16.2. The van der Waals surface area contributed by atoms with Crippen molar-refractivity contribution in [3.63, 3.8) is 0 Å². The van der Waals surface area contributed by atoms with Crippen LogP contribution in [0.4, 0.5) is 78.2 Å². The van der Waals surface area contributed by atoms with Crippen LogP contribution in [0.15, 0.2) is 116 Å². The molecule has 14 heterocycles. The Bertz CT molecular complexity index is 5780. The Balaban J connectivity index is 0.000000137. The van der Waals surface area contributed by atoms with Crippen LogP contribution in [0, 0.1) is 55.7 Å². The Kier molecular flexibility index (Phi) is 25.6. The number of likely N-dealkylation sites (N-methyl/N-ethyl adjacent to an activating group) is 2. The molecule has 642 valence electrons. The molecule has 0 bridgehead atoms. The molecule has 7 N–H and O–H groups in total. The second kappa shape index (κ2) is 37.6. The molecule has 4 aromatic carbocycles. The Morgan fingerprint density at radius 3 is 1.08 bits per heavy atom. The molecule has 0 radical (unpaired) electrons. The number of carbonyl (C=O) groups is 3. The van der Waals surface area contributed by atoms with Gasteiger partial charge in [-0.2, -0.15) is 0 Å². The molecule has 0 saturated carbocycles. The van der Waals surface area contributed by atoms with Crippen molar-refractivity contribution >= 4 is 102 Å². The predicted octanol–water partition coefficient (Wildman–Crippen LogP) is 15.2. The fourth-order valence-corrected chi connectivity index (χ4v) is 16.2. The number of anilines is 9. The number of piperidine rings is 3. The Morgan fingerprint density at radius 2 is 0.732 bits per heavy atom. The van der Waals surface area contributed by atoms with E-state index in [-0.39, 0.29) is 119 Å². The van der Waals surface area contributed by atoms with Crippen LogP contribution in [0.25, 0.3) is 32.7 Å². The van der Waals surface area contributed by atoms with Crippen LogP contribution in [0.3, 0.4) is 0 Å². The van der Waals surface area contributed by atoms with Crippen molar-refractivity contribution in [3.05, 3.63) is 185 Å². The maximum atomic E-state index is 15.4. The summed E-state index contributed by atoms with van der Waals surface area (Å²) in [4.78, 5) is 101. The minimum Gasteiger partial charge on any atom is -0.435 e. The number of pyridine rings is 2. The van der Waals surface area contributed by atoms with Crippen molar-refractivity contribution < 1.29 is 54.9 Å². The van der Waals surface area contributed by atoms with E-state index in [1.54, 1.807) is 47.9 Å². The number of carbonyl (C=O) groups excluding carboxylic acids is 3. The topological polar surface area (TPSA) is 303 Å². The number of aryl methyl sites for hydroxylation is 3. The zero-order valence-corrected chi connectivity index (χ0v) is 69.1. The summed E-state index contributed by atoms with van der Waals surface area (Å²) in [6.45, 7) is 23.2. The van der Waals surface area contributed by atoms with Crippen LogP contribution >= 0.6 is 0 Å². The molecule has 6 aliphatic rings. The summed E-state index contributed by atoms with van der Waals surface area (Å²) in [7, 11) is 2.11. The van der Waals surface area contributed by atoms with Gasteiger partial charge in [0.15, 0.2) is 69.6 Å². The van der Waals surface area contributed by atoms with Gasteiger partial charge >= 0.3 is 0 Å². The first kappa shape index (κ1) is 83.7. The molecule has 12 aromatic rings. The molecule has 18 rings (SSSR count). The molecule has 6 saturated heterocycles. The average Bonchev–Trinajstić information content (AvgIpc) is 1.77. The second-order valence-electron chi connectivity index (χ2n) is 31.5. The molecule has 35 heteroatoms. The van der Waals surface area contributed by atoms with E-state index >= 15 is 13.2 Å². The lowest BCUT2D eigenvalue weighted by molar-refractivity contribution is 0.0713. The van der Waals surface area contributed by atoms with E-state index in [2.05, 4.69) is 115 Å². The SMILES string of the molecule is CCN1CCN(c2ccc(Nc3ncnc(Oc4cc(F)c5[nH]c(C)cc5c4F)c3C(=O)N3CCCCC3)nc2)CC1.Cc1cc2c(F)c(Oc3ncnc(Nc4ccc(N5CCN(C)CC5)cn4)c3C(=O)N3CCCCC3)cc(F)c2[nH]1.Cc1cc2c(F)c(Oc3ncnc(Nc4ccc(N5CCNCC5)cc4)c3C(=O)N3CCCCC3)cc(F)c2[nH]1. The van der Waals surface area contributed by atoms with E-state index in [0.29, 0.717) is 68.0 Å². The third-order valence-corrected chi connectivity index (χ3v) is 23.0. The summed E-state index contributed by atoms with van der Waals surface area (Å²) in [6.07, 6.45) is 15.6. The number of piperazine rings is 3. The van der Waals surface area contributed by atoms with Gasteiger partial charge in [0.05, 0.1) is 40.3 Å². The second-order valence-corrected chi connectivity index (χ2v) is 31.5. The van der Waals surface area contributed by atoms with Gasteiger partial charge < -0.3 is 89.6 Å². The summed E-state index contributed by atoms with van der Waals surface area (Å²) < 4.78 is 108. The summed E-state index contributed by atoms with van der Waals surface area (Å²) >= 11 is 0. The number of H-pyrrole nitrogens is 3. The normalized spacial score (nSPS) is 16.1. The summed E-state index contributed by atoms with van der Waals surface area (Å²) in [5, 5.41) is 13.0. The summed E-state index contributed by atoms with van der Waals surface area (Å²) in [6, 6.07) is 22.9. The van der Waals surface area contributed by atoms with E-state index < -0.39 is 34.9 Å². The van der Waals surface area contributed by atoms with E-state index in [1.165, 1.54) is 37.2 Å². The number of ether oxygens (including phenoxy) is 3. The highest BCUT2D eigenvalue weighted by molar-refractivity contribution is 6.04. The van der Waals surface area contributed by atoms with Crippen LogP contribution in [0.5, 0.6) is 34.9 Å². The highest BCUT2D eigenvalue weighted by Gasteiger charge is 2.34. The highest BCUT2D eigenvalue weighted by Crippen LogP contribution is 2.41. The fraction of sp³-hybridized carbons (Fsp3) is 0.375. The van der Waals surface area contributed by atoms with Gasteiger partial charge in [-0.1, -0.05) is 6.92 Å². The first-order valence-corrected chi connectivity index (χ1v) is 41.8. The van der Waals surface area contributed by atoms with Gasteiger partial charge in [0, 0.05) is 181 Å². The maximum absolute atomic E-state index is 15.4. The number of rotatable bonds is 19. The molecule has 0 unspecified atom stereocenters. The van der Waals surface area contributed by atoms with Crippen molar-refractivity contribution in [2.75, 3.05) is 162 Å². The van der Waals surface area contributed by atoms with Crippen LogP contribution < -0.4 is 50.2 Å². The number of benzene rings is 4. The average molecular weight is 1690 g/mol. The van der Waals surface area contributed by atoms with Crippen LogP contribution in [-0.2, 0) is 0 Å². The van der Waals surface area contributed by atoms with Gasteiger partial charge in [0.1, 0.15) is 47.3 Å². The number of halogens is 6. The molecule has 3 amide bonds. The lowest BCUT2D eigenvalue weighted by atomic mass is 10.1. The molecule has 0 atom stereocenters. The van der Waals surface area contributed by atoms with Crippen molar-refractivity contribution in [2.45, 2.75) is 85.5 Å². The van der Waals surface area contributed by atoms with E-state index in [0.717, 1.165) is 184 Å². The van der Waals surface area contributed by atoms with Gasteiger partial charge in [-0.15, -0.1) is 0 Å². The Labute approximate surface area is 706 Å². The van der Waals surface area contributed by atoms with Gasteiger partial charge in [-0.25, -0.2) is 66.2 Å². The van der Waals surface area contributed by atoms with E-state index in [4.69, 9.17) is 14.2 Å². The molecular formula is C88H97F6N23O6. The van der Waals surface area contributed by atoms with Gasteiger partial charge in [0.2, 0.25) is 17.6 Å². The zero-order valence-electron chi connectivity index (χ0n) is 69.1. The molecule has 6 aliphatic heterocycles. The van der Waals surface area contributed by atoms with E-state index in [1.807, 2.05) is 48.5 Å². The number of likely N-dealkylation sites (tertiary alicyclic amines) is 3. The highest BCUT2D eigenvalue weighted by atomic mass is 19.1. The Hall–Kier alpha value is -12.9. The third-order valence-electron chi connectivity index (χ3n) is 23.0. The number of fused-ring (bicyclic) bond motifs is 3. The number of aromatic nitrogens is 11. The summed E-state index contributed by atoms with van der Waals surface area (Å²) in [5.41, 5.74) is 5.97. The zero-order chi connectivity index (χ0) is 85.4. The smallest absolute Gasteiger partial charge is 0.263 e. The molecule has 0 spiro atoms. The van der Waals surface area contributed by atoms with Crippen molar-refractivity contribution in [3.8, 4) is 34.9 Å². The monoisotopic (exact) mass is 1690 g/mol. The van der Waals surface area contributed by atoms with Gasteiger partial charge in [0.25, 0.3) is 17.7 Å². The number of nitrogens with zero attached hydrogens (tertiary/aromatic N) is 16. The Morgan fingerprint density at radius 1 is 0.390 bits per heavy atom. The van der Waals surface area contributed by atoms with Crippen molar-refractivity contribution in [2.24, 2.45) is 0 Å². The van der Waals surface area contributed by atoms with Crippen molar-refractivity contribution in [1.82, 2.24) is 84.6 Å². The minimum atomic E-state index is -0.753. The quantitative estimate of drug-likeness (QED) is 0.0370. The lowest BCUT2D eigenvalue weighted by Gasteiger charge is -2.35. The standard InChI is InChI=1S/C30H34F2N8O2.C29H32F2N8O2.C29H31F2N7O2/c1-3-38-11-13-39(14-12-38)20-7-8-24(33-17-20)37-28-25(30(41)40-9-5-4-6-10-40)29(35-18-34-28)42-23-16-22(31)27-21(26(23)32)15-19(2)36-27;1-18-14-20-25(31)22(15-21(30)26(20)35-18)41-28-24(29(40)39-8-4-3-5-9-39)27(33-17-34-28)36-23-7-6-19(16-32-23)38-12-10-37(2)11-13-38;1-18-15-21-25(31)23(16-22(30)26(21)35-18)40-28-24(29(39)38-11-3-2-4-12-38)27(33-17-34-28)36-19-5-7-20(8-6-19)37-13-9-32-10-14-37/h7-8,15-18,36H,3-6,9-14H2,1-2H3,(H,33,34,35,37);6-7,14-17,35H,3-5,8-13H2,1-2H3,(H,32,33,34,36);5-8,15-17,32,35H,2-4,9-14H2,1H3,(H,33,34,36). The molecule has 0 aliphatic carbocycles. The molecular weight excluding hydrogens is 1590 g/mol. The van der Waals surface area contributed by atoms with Crippen LogP contribution in [0.1, 0.15) is 113 Å². The molecule has 6 fully saturated rings. The third kappa shape index (κ3) is 18.9. The van der Waals surface area contributed by atoms with Crippen LogP contribution in [0.2, 0.25) is 0 Å². The molecule has 29 nitrogen and oxygen atoms in total. The van der Waals surface area contributed by atoms with E-state index in [9.17, 15) is 27.6 Å². The molecule has 123 heavy (non-hydrogen) atoms. The summed E-state index contributed by atoms with van der Waals surface area (Å²) in [5.74, 6) is -5.35. The largest absolute Gasteiger partial charge is 0.435 e.